The van der Waals surface area contributed by atoms with Crippen LogP contribution in [0.1, 0.15) is 6.92 Å². The van der Waals surface area contributed by atoms with Crippen molar-refractivity contribution < 1.29 is 14.3 Å². The molecular weight excluding hydrogens is 351 g/mol. The highest BCUT2D eigenvalue weighted by atomic mass is 35.5. The molecule has 7 heteroatoms. The van der Waals surface area contributed by atoms with Crippen LogP contribution in [-0.4, -0.2) is 24.5 Å². The third kappa shape index (κ3) is 3.32. The normalized spacial score (nSPS) is 14.6. The summed E-state index contributed by atoms with van der Waals surface area (Å²) in [5.74, 6) is -0.275. The van der Waals surface area contributed by atoms with Crippen molar-refractivity contribution in [2.45, 2.75) is 13.0 Å². The first-order chi connectivity index (χ1) is 11.5. The Balaban J connectivity index is 1.83. The van der Waals surface area contributed by atoms with Crippen molar-refractivity contribution in [3.8, 4) is 5.75 Å². The number of ether oxygens (including phenoxy) is 1. The van der Waals surface area contributed by atoms with Gasteiger partial charge in [0.2, 0.25) is 5.91 Å². The van der Waals surface area contributed by atoms with Gasteiger partial charge in [-0.1, -0.05) is 35.3 Å². The fourth-order valence-corrected chi connectivity index (χ4v) is 2.78. The monoisotopic (exact) mass is 364 g/mol. The number of fused-ring (bicyclic) bond motifs is 1. The zero-order chi connectivity index (χ0) is 17.3. The molecule has 3 rings (SSSR count). The first-order valence-electron chi connectivity index (χ1n) is 7.27. The lowest BCUT2D eigenvalue weighted by atomic mass is 10.1. The minimum absolute atomic E-state index is 0.0627. The van der Waals surface area contributed by atoms with Gasteiger partial charge in [-0.05, 0) is 31.2 Å². The maximum Gasteiger partial charge on any atom is 0.268 e. The van der Waals surface area contributed by atoms with Crippen LogP contribution < -0.4 is 15.0 Å². The van der Waals surface area contributed by atoms with E-state index < -0.39 is 6.10 Å². The second kappa shape index (κ2) is 6.71. The molecule has 1 aliphatic rings. The number of hydrogen-bond acceptors (Lipinski definition) is 3. The molecule has 24 heavy (non-hydrogen) atoms. The lowest BCUT2D eigenvalue weighted by Gasteiger charge is -2.31. The van der Waals surface area contributed by atoms with E-state index in [1.54, 1.807) is 49.4 Å². The summed E-state index contributed by atoms with van der Waals surface area (Å²) in [5, 5.41) is 3.55. The Bertz CT molecular complexity index is 810. The minimum Gasteiger partial charge on any atom is -0.479 e. The van der Waals surface area contributed by atoms with Crippen LogP contribution >= 0.6 is 23.2 Å². The van der Waals surface area contributed by atoms with Gasteiger partial charge in [-0.25, -0.2) is 0 Å². The summed E-state index contributed by atoms with van der Waals surface area (Å²) in [5.41, 5.74) is 1.23. The van der Waals surface area contributed by atoms with Gasteiger partial charge in [-0.3, -0.25) is 14.5 Å². The van der Waals surface area contributed by atoms with Crippen LogP contribution in [0.25, 0.3) is 0 Å². The van der Waals surface area contributed by atoms with Crippen molar-refractivity contribution in [3.05, 3.63) is 52.5 Å². The average molecular weight is 365 g/mol. The van der Waals surface area contributed by atoms with Gasteiger partial charge in [0.25, 0.3) is 5.91 Å². The highest BCUT2D eigenvalue weighted by molar-refractivity contribution is 6.34. The predicted molar refractivity (Wildman–Crippen MR) is 94.0 cm³/mol. The van der Waals surface area contributed by atoms with Crippen molar-refractivity contribution in [1.82, 2.24) is 0 Å². The molecule has 1 N–H and O–H groups in total. The Hall–Kier alpha value is -2.24. The molecule has 0 fully saturated rings. The lowest BCUT2D eigenvalue weighted by Crippen LogP contribution is -2.47. The number of rotatable bonds is 3. The van der Waals surface area contributed by atoms with Crippen LogP contribution in [0.2, 0.25) is 10.0 Å². The minimum atomic E-state index is -0.833. The van der Waals surface area contributed by atoms with Gasteiger partial charge in [0.1, 0.15) is 12.3 Å². The van der Waals surface area contributed by atoms with Crippen LogP contribution in [0.4, 0.5) is 11.4 Å². The number of halogens is 2. The van der Waals surface area contributed by atoms with Crippen molar-refractivity contribution in [2.24, 2.45) is 0 Å². The van der Waals surface area contributed by atoms with E-state index in [-0.39, 0.29) is 18.4 Å². The van der Waals surface area contributed by atoms with Gasteiger partial charge < -0.3 is 10.1 Å². The van der Waals surface area contributed by atoms with Gasteiger partial charge >= 0.3 is 0 Å². The maximum absolute atomic E-state index is 12.8. The third-order valence-electron chi connectivity index (χ3n) is 3.58. The topological polar surface area (TPSA) is 58.6 Å². The Kier molecular flexibility index (Phi) is 4.64. The van der Waals surface area contributed by atoms with E-state index in [9.17, 15) is 9.59 Å². The summed E-state index contributed by atoms with van der Waals surface area (Å²) in [6.07, 6.45) is -0.833. The van der Waals surface area contributed by atoms with Crippen LogP contribution in [0.3, 0.4) is 0 Å². The van der Waals surface area contributed by atoms with Crippen LogP contribution in [0, 0.1) is 0 Å². The zero-order valence-corrected chi connectivity index (χ0v) is 14.3. The molecule has 1 heterocycles. The number of hydrogen-bond donors (Lipinski definition) is 1. The number of carbonyl (C=O) groups is 2. The smallest absolute Gasteiger partial charge is 0.268 e. The molecule has 0 saturated heterocycles. The molecule has 1 atom stereocenters. The van der Waals surface area contributed by atoms with Gasteiger partial charge in [-0.2, -0.15) is 0 Å². The molecule has 0 unspecified atom stereocenters. The lowest BCUT2D eigenvalue weighted by molar-refractivity contribution is -0.126. The number of nitrogens with one attached hydrogen (secondary N) is 1. The number of benzene rings is 2. The Morgan fingerprint density at radius 2 is 2.00 bits per heavy atom. The maximum atomic E-state index is 12.8. The molecule has 0 spiro atoms. The van der Waals surface area contributed by atoms with Crippen molar-refractivity contribution in [1.29, 1.82) is 0 Å². The molecule has 0 aromatic heterocycles. The van der Waals surface area contributed by atoms with E-state index in [4.69, 9.17) is 27.9 Å². The van der Waals surface area contributed by atoms with Gasteiger partial charge in [0.05, 0.1) is 16.4 Å². The molecule has 0 bridgehead atoms. The van der Waals surface area contributed by atoms with Crippen molar-refractivity contribution in [3.63, 3.8) is 0 Å². The Morgan fingerprint density at radius 3 is 2.79 bits per heavy atom. The molecule has 124 valence electrons. The summed E-state index contributed by atoms with van der Waals surface area (Å²) >= 11 is 12.0. The third-order valence-corrected chi connectivity index (χ3v) is 4.13. The zero-order valence-electron chi connectivity index (χ0n) is 12.8. The van der Waals surface area contributed by atoms with E-state index in [0.29, 0.717) is 27.2 Å². The van der Waals surface area contributed by atoms with E-state index >= 15 is 0 Å². The summed E-state index contributed by atoms with van der Waals surface area (Å²) in [6.45, 7) is 1.54. The van der Waals surface area contributed by atoms with E-state index in [2.05, 4.69) is 5.32 Å². The quantitative estimate of drug-likeness (QED) is 0.902. The van der Waals surface area contributed by atoms with Crippen LogP contribution in [0.15, 0.2) is 42.5 Å². The molecule has 5 nitrogen and oxygen atoms in total. The molecule has 0 radical (unpaired) electrons. The van der Waals surface area contributed by atoms with E-state index in [0.717, 1.165) is 0 Å². The molecule has 1 aliphatic heterocycles. The van der Waals surface area contributed by atoms with E-state index in [1.807, 2.05) is 0 Å². The number of nitrogens with zero attached hydrogens (tertiary/aromatic N) is 1. The number of carbonyl (C=O) groups excluding carboxylic acids is 2. The molecule has 0 saturated carbocycles. The predicted octanol–water partition coefficient (Wildman–Crippen LogP) is 3.75. The molecule has 0 aliphatic carbocycles. The first-order valence-corrected chi connectivity index (χ1v) is 8.03. The highest BCUT2D eigenvalue weighted by Crippen LogP contribution is 2.31. The van der Waals surface area contributed by atoms with E-state index in [1.165, 1.54) is 4.90 Å². The first kappa shape index (κ1) is 16.6. The Morgan fingerprint density at radius 1 is 1.25 bits per heavy atom. The van der Waals surface area contributed by atoms with Crippen LogP contribution in [0.5, 0.6) is 5.75 Å². The largest absolute Gasteiger partial charge is 0.479 e. The second-order valence-corrected chi connectivity index (χ2v) is 6.17. The summed E-state index contributed by atoms with van der Waals surface area (Å²) in [6, 6.07) is 11.9. The number of amides is 2. The standard InChI is InChI=1S/C17H14Cl2N2O3/c1-10(24-15-8-11(18)6-7-12(15)19)17(23)21-9-16(22)20-13-4-2-3-5-14(13)21/h2-8,10H,9H2,1H3,(H,20,22)/t10-/m1/s1. The van der Waals surface area contributed by atoms with Crippen molar-refractivity contribution in [2.75, 3.05) is 16.8 Å². The fourth-order valence-electron chi connectivity index (χ4n) is 2.46. The summed E-state index contributed by atoms with van der Waals surface area (Å²) in [4.78, 5) is 26.0. The number of para-hydroxylation sites is 2. The molecular formula is C17H14Cl2N2O3. The summed E-state index contributed by atoms with van der Waals surface area (Å²) in [7, 11) is 0. The average Bonchev–Trinajstić information content (AvgIpc) is 2.56. The van der Waals surface area contributed by atoms with Gasteiger partial charge in [0.15, 0.2) is 6.10 Å². The van der Waals surface area contributed by atoms with Gasteiger partial charge in [0, 0.05) is 11.1 Å². The van der Waals surface area contributed by atoms with Gasteiger partial charge in [-0.15, -0.1) is 0 Å². The highest BCUT2D eigenvalue weighted by Gasteiger charge is 2.30. The second-order valence-electron chi connectivity index (χ2n) is 5.32. The van der Waals surface area contributed by atoms with Crippen molar-refractivity contribution >= 4 is 46.4 Å². The number of anilines is 2. The molecule has 2 aromatic rings. The Labute approximate surface area is 149 Å². The SMILES string of the molecule is C[C@@H](Oc1cc(Cl)ccc1Cl)C(=O)N1CC(=O)Nc2ccccc21. The summed E-state index contributed by atoms with van der Waals surface area (Å²) < 4.78 is 5.65. The fraction of sp³-hybridized carbons (Fsp3) is 0.176. The molecule has 2 aromatic carbocycles. The molecule has 2 amide bonds. The van der Waals surface area contributed by atoms with Crippen LogP contribution in [-0.2, 0) is 9.59 Å².